The molecule has 0 unspecified atom stereocenters. The summed E-state index contributed by atoms with van der Waals surface area (Å²) in [5.74, 6) is 0. The summed E-state index contributed by atoms with van der Waals surface area (Å²) in [6.45, 7) is 2.03. The van der Waals surface area contributed by atoms with Crippen molar-refractivity contribution in [2.75, 3.05) is 0 Å². The molecule has 1 heterocycles. The lowest BCUT2D eigenvalue weighted by atomic mass is 10.2. The van der Waals surface area contributed by atoms with Crippen molar-refractivity contribution in [1.29, 1.82) is 5.26 Å². The summed E-state index contributed by atoms with van der Waals surface area (Å²) in [5.41, 5.74) is 2.83. The first kappa shape index (κ1) is 10.0. The summed E-state index contributed by atoms with van der Waals surface area (Å²) in [6, 6.07) is 11.9. The van der Waals surface area contributed by atoms with Gasteiger partial charge in [0.1, 0.15) is 11.8 Å². The number of benzene rings is 1. The summed E-state index contributed by atoms with van der Waals surface area (Å²) in [4.78, 5) is 0. The van der Waals surface area contributed by atoms with Crippen LogP contribution >= 0.6 is 15.9 Å². The third-order valence-electron chi connectivity index (χ3n) is 2.28. The molecule has 0 aliphatic carbocycles. The summed E-state index contributed by atoms with van der Waals surface area (Å²) >= 11 is 3.42. The third kappa shape index (κ3) is 1.81. The van der Waals surface area contributed by atoms with Gasteiger partial charge in [-0.25, -0.2) is 0 Å². The minimum absolute atomic E-state index is 0.653. The molecule has 3 heteroatoms. The minimum atomic E-state index is 0.653. The zero-order valence-corrected chi connectivity index (χ0v) is 9.82. The van der Waals surface area contributed by atoms with E-state index in [-0.39, 0.29) is 0 Å². The van der Waals surface area contributed by atoms with E-state index in [2.05, 4.69) is 22.0 Å². The lowest BCUT2D eigenvalue weighted by molar-refractivity contribution is 1.03. The Bertz CT molecular complexity index is 535. The van der Waals surface area contributed by atoms with Crippen LogP contribution in [-0.2, 0) is 0 Å². The molecule has 0 saturated heterocycles. The molecule has 15 heavy (non-hydrogen) atoms. The predicted octanol–water partition coefficient (Wildman–Crippen LogP) is 3.42. The molecule has 0 radical (unpaired) electrons. The molecule has 0 fully saturated rings. The molecule has 74 valence electrons. The molecular weight excluding hydrogens is 252 g/mol. The van der Waals surface area contributed by atoms with Crippen molar-refractivity contribution < 1.29 is 0 Å². The SMILES string of the molecule is Cc1cc(Br)ccc1-n1cccc1C#N. The zero-order valence-electron chi connectivity index (χ0n) is 8.24. The molecule has 0 aliphatic rings. The molecule has 2 nitrogen and oxygen atoms in total. The van der Waals surface area contributed by atoms with Crippen molar-refractivity contribution in [1.82, 2.24) is 4.57 Å². The Morgan fingerprint density at radius 1 is 1.33 bits per heavy atom. The fourth-order valence-electron chi connectivity index (χ4n) is 1.57. The van der Waals surface area contributed by atoms with E-state index in [1.54, 1.807) is 0 Å². The fourth-order valence-corrected chi connectivity index (χ4v) is 2.05. The van der Waals surface area contributed by atoms with Gasteiger partial charge in [0.15, 0.2) is 0 Å². The average molecular weight is 261 g/mol. The van der Waals surface area contributed by atoms with Gasteiger partial charge in [-0.2, -0.15) is 5.26 Å². The van der Waals surface area contributed by atoms with Crippen molar-refractivity contribution in [2.24, 2.45) is 0 Å². The van der Waals surface area contributed by atoms with Crippen molar-refractivity contribution in [2.45, 2.75) is 6.92 Å². The van der Waals surface area contributed by atoms with Crippen molar-refractivity contribution in [3.8, 4) is 11.8 Å². The highest BCUT2D eigenvalue weighted by molar-refractivity contribution is 9.10. The number of halogens is 1. The van der Waals surface area contributed by atoms with Crippen LogP contribution in [-0.4, -0.2) is 4.57 Å². The van der Waals surface area contributed by atoms with E-state index in [4.69, 9.17) is 5.26 Å². The number of aromatic nitrogens is 1. The topological polar surface area (TPSA) is 28.7 Å². The maximum Gasteiger partial charge on any atom is 0.124 e. The van der Waals surface area contributed by atoms with E-state index >= 15 is 0 Å². The van der Waals surface area contributed by atoms with Gasteiger partial charge in [-0.3, -0.25) is 0 Å². The van der Waals surface area contributed by atoms with Gasteiger partial charge in [-0.15, -0.1) is 0 Å². The van der Waals surface area contributed by atoms with Gasteiger partial charge in [0.2, 0.25) is 0 Å². The Hall–Kier alpha value is -1.53. The van der Waals surface area contributed by atoms with E-state index in [1.807, 2.05) is 48.0 Å². The van der Waals surface area contributed by atoms with Crippen molar-refractivity contribution in [3.05, 3.63) is 52.3 Å². The lowest BCUT2D eigenvalue weighted by Gasteiger charge is -2.08. The molecule has 1 aromatic heterocycles. The van der Waals surface area contributed by atoms with E-state index in [0.717, 1.165) is 15.7 Å². The second-order valence-electron chi connectivity index (χ2n) is 3.31. The summed E-state index contributed by atoms with van der Waals surface area (Å²) < 4.78 is 2.94. The standard InChI is InChI=1S/C12H9BrN2/c1-9-7-10(13)4-5-12(9)15-6-2-3-11(15)8-14/h2-7H,1H3. The first-order chi connectivity index (χ1) is 7.22. The van der Waals surface area contributed by atoms with Crippen LogP contribution in [0.5, 0.6) is 0 Å². The van der Waals surface area contributed by atoms with Crippen LogP contribution in [0.25, 0.3) is 5.69 Å². The van der Waals surface area contributed by atoms with Crippen molar-refractivity contribution in [3.63, 3.8) is 0 Å². The molecule has 0 atom stereocenters. The predicted molar refractivity (Wildman–Crippen MR) is 62.9 cm³/mol. The van der Waals surface area contributed by atoms with E-state index in [1.165, 1.54) is 0 Å². The Morgan fingerprint density at radius 3 is 2.80 bits per heavy atom. The number of nitrogens with zero attached hydrogens (tertiary/aromatic N) is 2. The van der Waals surface area contributed by atoms with Crippen LogP contribution < -0.4 is 0 Å². The van der Waals surface area contributed by atoms with Crippen LogP contribution in [0.2, 0.25) is 0 Å². The highest BCUT2D eigenvalue weighted by Gasteiger charge is 2.04. The van der Waals surface area contributed by atoms with Crippen LogP contribution in [0.1, 0.15) is 11.3 Å². The second kappa shape index (κ2) is 3.92. The summed E-state index contributed by atoms with van der Waals surface area (Å²) in [5, 5.41) is 8.93. The average Bonchev–Trinajstić information content (AvgIpc) is 2.65. The summed E-state index contributed by atoms with van der Waals surface area (Å²) in [7, 11) is 0. The molecule has 0 saturated carbocycles. The van der Waals surface area contributed by atoms with Gasteiger partial charge in [-0.1, -0.05) is 15.9 Å². The maximum absolute atomic E-state index is 8.93. The van der Waals surface area contributed by atoms with Crippen LogP contribution in [0.3, 0.4) is 0 Å². The Morgan fingerprint density at radius 2 is 2.13 bits per heavy atom. The van der Waals surface area contributed by atoms with Crippen LogP contribution in [0.4, 0.5) is 0 Å². The third-order valence-corrected chi connectivity index (χ3v) is 2.77. The molecule has 0 amide bonds. The quantitative estimate of drug-likeness (QED) is 0.773. The molecule has 0 N–H and O–H groups in total. The van der Waals surface area contributed by atoms with Crippen LogP contribution in [0, 0.1) is 18.3 Å². The molecule has 2 aromatic rings. The van der Waals surface area contributed by atoms with Gasteiger partial charge < -0.3 is 4.57 Å². The van der Waals surface area contributed by atoms with E-state index in [0.29, 0.717) is 5.69 Å². The monoisotopic (exact) mass is 260 g/mol. The van der Waals surface area contributed by atoms with E-state index < -0.39 is 0 Å². The van der Waals surface area contributed by atoms with Gasteiger partial charge in [0.05, 0.1) is 0 Å². The Labute approximate surface area is 96.9 Å². The van der Waals surface area contributed by atoms with Gasteiger partial charge in [0.25, 0.3) is 0 Å². The van der Waals surface area contributed by atoms with Gasteiger partial charge in [0, 0.05) is 16.4 Å². The molecule has 0 spiro atoms. The highest BCUT2D eigenvalue weighted by Crippen LogP contribution is 2.20. The van der Waals surface area contributed by atoms with Crippen molar-refractivity contribution >= 4 is 15.9 Å². The Kier molecular flexibility index (Phi) is 2.61. The zero-order chi connectivity index (χ0) is 10.8. The molecule has 2 rings (SSSR count). The fraction of sp³-hybridized carbons (Fsp3) is 0.0833. The van der Waals surface area contributed by atoms with Crippen LogP contribution in [0.15, 0.2) is 41.0 Å². The normalized spacial score (nSPS) is 9.93. The first-order valence-electron chi connectivity index (χ1n) is 4.56. The number of hydrogen-bond donors (Lipinski definition) is 0. The van der Waals surface area contributed by atoms with Gasteiger partial charge >= 0.3 is 0 Å². The second-order valence-corrected chi connectivity index (χ2v) is 4.22. The minimum Gasteiger partial charge on any atom is -0.308 e. The lowest BCUT2D eigenvalue weighted by Crippen LogP contribution is -1.97. The number of aryl methyl sites for hydroxylation is 1. The number of rotatable bonds is 1. The molecule has 0 aliphatic heterocycles. The maximum atomic E-state index is 8.93. The number of hydrogen-bond acceptors (Lipinski definition) is 1. The highest BCUT2D eigenvalue weighted by atomic mass is 79.9. The number of nitriles is 1. The van der Waals surface area contributed by atoms with E-state index in [9.17, 15) is 0 Å². The van der Waals surface area contributed by atoms with Gasteiger partial charge in [-0.05, 0) is 42.8 Å². The molecule has 1 aromatic carbocycles. The Balaban J connectivity index is 2.60. The largest absolute Gasteiger partial charge is 0.308 e. The summed E-state index contributed by atoms with van der Waals surface area (Å²) in [6.07, 6.45) is 1.90. The molecule has 0 bridgehead atoms. The smallest absolute Gasteiger partial charge is 0.124 e. The molecular formula is C12H9BrN2. The first-order valence-corrected chi connectivity index (χ1v) is 5.35.